The summed E-state index contributed by atoms with van der Waals surface area (Å²) in [5.74, 6) is -0.853. The predicted molar refractivity (Wildman–Crippen MR) is 119 cm³/mol. The molecule has 0 spiro atoms. The Bertz CT molecular complexity index is 1060. The van der Waals surface area contributed by atoms with Gasteiger partial charge in [0.05, 0.1) is 19.1 Å². The maximum Gasteiger partial charge on any atom is 0.343 e. The number of amides is 2. The van der Waals surface area contributed by atoms with Gasteiger partial charge in [0.1, 0.15) is 0 Å². The van der Waals surface area contributed by atoms with E-state index in [9.17, 15) is 14.4 Å². The average Bonchev–Trinajstić information content (AvgIpc) is 3.05. The molecule has 1 fully saturated rings. The maximum atomic E-state index is 12.9. The van der Waals surface area contributed by atoms with Crippen LogP contribution in [0.5, 0.6) is 11.5 Å². The van der Waals surface area contributed by atoms with E-state index in [1.165, 1.54) is 14.2 Å². The highest BCUT2D eigenvalue weighted by atomic mass is 32.2. The molecule has 2 aromatic rings. The standard InChI is InChI=1S/C21H18N2O6S2/c1-27-15-10-6-9-14(18(15)29-12-17(24)28-2)11-16-20(26)23(21(30)31-16)22-19(25)13-7-4-3-5-8-13/h3-11H,12H2,1-2H3,(H,22,25)/b16-11+. The highest BCUT2D eigenvalue weighted by molar-refractivity contribution is 8.26. The van der Waals surface area contributed by atoms with Crippen LogP contribution in [0.1, 0.15) is 15.9 Å². The van der Waals surface area contributed by atoms with Gasteiger partial charge in [0.2, 0.25) is 0 Å². The molecular formula is C21H18N2O6S2. The van der Waals surface area contributed by atoms with Gasteiger partial charge in [-0.1, -0.05) is 42.1 Å². The molecule has 1 aliphatic heterocycles. The SMILES string of the molecule is COC(=O)COc1c(/C=C2/SC(=S)N(NC(=O)c3ccccc3)C2=O)cccc1OC. The largest absolute Gasteiger partial charge is 0.493 e. The van der Waals surface area contributed by atoms with Crippen molar-refractivity contribution in [3.8, 4) is 11.5 Å². The summed E-state index contributed by atoms with van der Waals surface area (Å²) in [5.41, 5.74) is 3.41. The first-order chi connectivity index (χ1) is 14.9. The number of benzene rings is 2. The molecule has 0 saturated carbocycles. The van der Waals surface area contributed by atoms with Gasteiger partial charge in [-0.2, -0.15) is 5.01 Å². The lowest BCUT2D eigenvalue weighted by Gasteiger charge is -2.15. The van der Waals surface area contributed by atoms with Crippen molar-refractivity contribution in [2.45, 2.75) is 0 Å². The number of methoxy groups -OCH3 is 2. The van der Waals surface area contributed by atoms with Crippen LogP contribution < -0.4 is 14.9 Å². The van der Waals surface area contributed by atoms with E-state index in [-0.39, 0.29) is 21.6 Å². The molecule has 0 atom stereocenters. The van der Waals surface area contributed by atoms with Crippen LogP contribution >= 0.6 is 24.0 Å². The van der Waals surface area contributed by atoms with Crippen molar-refractivity contribution in [3.63, 3.8) is 0 Å². The topological polar surface area (TPSA) is 94.2 Å². The van der Waals surface area contributed by atoms with Gasteiger partial charge in [-0.25, -0.2) is 4.79 Å². The summed E-state index contributed by atoms with van der Waals surface area (Å²) in [7, 11) is 2.71. The third-order valence-electron chi connectivity index (χ3n) is 4.12. The normalized spacial score (nSPS) is 14.5. The van der Waals surface area contributed by atoms with E-state index < -0.39 is 17.8 Å². The Balaban J connectivity index is 1.84. The average molecular weight is 459 g/mol. The summed E-state index contributed by atoms with van der Waals surface area (Å²) in [6.07, 6.45) is 1.56. The number of esters is 1. The van der Waals surface area contributed by atoms with Crippen LogP contribution in [-0.2, 0) is 14.3 Å². The monoisotopic (exact) mass is 458 g/mol. The molecule has 0 aromatic heterocycles. The molecule has 0 bridgehead atoms. The number of nitrogens with zero attached hydrogens (tertiary/aromatic N) is 1. The summed E-state index contributed by atoms with van der Waals surface area (Å²) < 4.78 is 15.6. The molecule has 1 saturated heterocycles. The van der Waals surface area contributed by atoms with E-state index in [0.717, 1.165) is 16.8 Å². The molecule has 1 heterocycles. The number of carbonyl (C=O) groups is 3. The zero-order chi connectivity index (χ0) is 22.4. The van der Waals surface area contributed by atoms with Gasteiger partial charge < -0.3 is 14.2 Å². The maximum absolute atomic E-state index is 12.9. The molecule has 0 unspecified atom stereocenters. The minimum Gasteiger partial charge on any atom is -0.493 e. The van der Waals surface area contributed by atoms with Crippen LogP contribution in [0, 0.1) is 0 Å². The summed E-state index contributed by atoms with van der Waals surface area (Å²) in [6, 6.07) is 13.6. The van der Waals surface area contributed by atoms with Crippen molar-refractivity contribution < 1.29 is 28.6 Å². The van der Waals surface area contributed by atoms with Crippen LogP contribution in [0.25, 0.3) is 6.08 Å². The van der Waals surface area contributed by atoms with Crippen molar-refractivity contribution in [1.29, 1.82) is 0 Å². The first-order valence-corrected chi connectivity index (χ1v) is 10.2. The van der Waals surface area contributed by atoms with Gasteiger partial charge in [0.15, 0.2) is 22.4 Å². The van der Waals surface area contributed by atoms with Crippen molar-refractivity contribution in [3.05, 3.63) is 64.6 Å². The minimum absolute atomic E-state index is 0.181. The van der Waals surface area contributed by atoms with E-state index >= 15 is 0 Å². The number of ether oxygens (including phenoxy) is 3. The number of thioether (sulfide) groups is 1. The Morgan fingerprint density at radius 1 is 1.13 bits per heavy atom. The third-order valence-corrected chi connectivity index (χ3v) is 5.42. The number of rotatable bonds is 7. The molecule has 8 nitrogen and oxygen atoms in total. The van der Waals surface area contributed by atoms with Crippen LogP contribution in [0.4, 0.5) is 0 Å². The number of hydrogen-bond donors (Lipinski definition) is 1. The number of hydrogen-bond acceptors (Lipinski definition) is 8. The zero-order valence-corrected chi connectivity index (χ0v) is 18.2. The molecule has 1 aliphatic rings. The fraction of sp³-hybridized carbons (Fsp3) is 0.143. The summed E-state index contributed by atoms with van der Waals surface area (Å²) in [5, 5.41) is 1.02. The molecule has 31 heavy (non-hydrogen) atoms. The van der Waals surface area contributed by atoms with Gasteiger partial charge in [-0.3, -0.25) is 15.0 Å². The Labute approximate surface area is 188 Å². The van der Waals surface area contributed by atoms with Crippen LogP contribution in [0.15, 0.2) is 53.4 Å². The van der Waals surface area contributed by atoms with E-state index in [2.05, 4.69) is 10.2 Å². The second-order valence-corrected chi connectivity index (χ2v) is 7.74. The zero-order valence-electron chi connectivity index (χ0n) is 16.6. The highest BCUT2D eigenvalue weighted by Crippen LogP contribution is 2.37. The number of para-hydroxylation sites is 1. The lowest BCUT2D eigenvalue weighted by atomic mass is 10.1. The molecule has 2 aromatic carbocycles. The highest BCUT2D eigenvalue weighted by Gasteiger charge is 2.34. The number of nitrogens with one attached hydrogen (secondary N) is 1. The van der Waals surface area contributed by atoms with Gasteiger partial charge in [-0.15, -0.1) is 0 Å². The van der Waals surface area contributed by atoms with E-state index in [4.69, 9.17) is 21.7 Å². The van der Waals surface area contributed by atoms with E-state index in [1.807, 2.05) is 0 Å². The van der Waals surface area contributed by atoms with Gasteiger partial charge in [0.25, 0.3) is 11.8 Å². The van der Waals surface area contributed by atoms with Crippen molar-refractivity contribution in [1.82, 2.24) is 10.4 Å². The minimum atomic E-state index is -0.563. The Hall–Kier alpha value is -3.37. The molecule has 0 radical (unpaired) electrons. The van der Waals surface area contributed by atoms with Gasteiger partial charge >= 0.3 is 5.97 Å². The van der Waals surface area contributed by atoms with E-state index in [1.54, 1.807) is 54.6 Å². The Kier molecular flexibility index (Phi) is 7.27. The number of thiocarbonyl (C=S) groups is 1. The van der Waals surface area contributed by atoms with Crippen LogP contribution in [-0.4, -0.2) is 47.9 Å². The Morgan fingerprint density at radius 3 is 2.55 bits per heavy atom. The summed E-state index contributed by atoms with van der Waals surface area (Å²) in [6.45, 7) is -0.328. The second kappa shape index (κ2) is 10.1. The predicted octanol–water partition coefficient (Wildman–Crippen LogP) is 2.79. The second-order valence-electron chi connectivity index (χ2n) is 6.07. The fourth-order valence-electron chi connectivity index (χ4n) is 2.61. The number of carbonyl (C=O) groups excluding carboxylic acids is 3. The van der Waals surface area contributed by atoms with Crippen molar-refractivity contribution >= 4 is 52.2 Å². The van der Waals surface area contributed by atoms with Crippen LogP contribution in [0.2, 0.25) is 0 Å². The Morgan fingerprint density at radius 2 is 1.87 bits per heavy atom. The van der Waals surface area contributed by atoms with Crippen molar-refractivity contribution in [2.75, 3.05) is 20.8 Å². The summed E-state index contributed by atoms with van der Waals surface area (Å²) in [4.78, 5) is 37.0. The molecule has 3 rings (SSSR count). The molecule has 10 heteroatoms. The lowest BCUT2D eigenvalue weighted by Crippen LogP contribution is -2.44. The number of hydrazine groups is 1. The molecule has 2 amide bonds. The quantitative estimate of drug-likeness (QED) is 0.385. The van der Waals surface area contributed by atoms with Crippen LogP contribution in [0.3, 0.4) is 0 Å². The molecule has 1 N–H and O–H groups in total. The van der Waals surface area contributed by atoms with Gasteiger partial charge in [-0.05, 0) is 36.5 Å². The summed E-state index contributed by atoms with van der Waals surface area (Å²) >= 11 is 6.29. The molecular weight excluding hydrogens is 440 g/mol. The third kappa shape index (κ3) is 5.22. The smallest absolute Gasteiger partial charge is 0.343 e. The van der Waals surface area contributed by atoms with Gasteiger partial charge in [0, 0.05) is 11.1 Å². The fourth-order valence-corrected chi connectivity index (χ4v) is 3.78. The molecule has 160 valence electrons. The van der Waals surface area contributed by atoms with Crippen molar-refractivity contribution in [2.24, 2.45) is 0 Å². The first kappa shape index (κ1) is 22.3. The lowest BCUT2D eigenvalue weighted by molar-refractivity contribution is -0.142. The first-order valence-electron chi connectivity index (χ1n) is 8.95. The van der Waals surface area contributed by atoms with E-state index in [0.29, 0.717) is 16.9 Å². The molecule has 0 aliphatic carbocycles.